The Hall–Kier alpha value is -1.74. The van der Waals surface area contributed by atoms with E-state index in [1.54, 1.807) is 11.3 Å². The Labute approximate surface area is 157 Å². The van der Waals surface area contributed by atoms with Crippen molar-refractivity contribution in [3.8, 4) is 0 Å². The fraction of sp³-hybridized carbons (Fsp3) is 0.389. The van der Waals surface area contributed by atoms with Crippen LogP contribution in [0.3, 0.4) is 0 Å². The van der Waals surface area contributed by atoms with Gasteiger partial charge in [-0.05, 0) is 55.6 Å². The topological polar surface area (TPSA) is 75.7 Å². The molecule has 6 nitrogen and oxygen atoms in total. The largest absolute Gasteiger partial charge is 0.465 e. The van der Waals surface area contributed by atoms with E-state index in [-0.39, 0.29) is 16.5 Å². The van der Waals surface area contributed by atoms with E-state index in [1.807, 2.05) is 17.5 Å². The van der Waals surface area contributed by atoms with Crippen LogP contribution in [0, 0.1) is 0 Å². The van der Waals surface area contributed by atoms with E-state index >= 15 is 0 Å². The third kappa shape index (κ3) is 4.32. The lowest BCUT2D eigenvalue weighted by Crippen LogP contribution is -2.36. The maximum Gasteiger partial charge on any atom is 0.337 e. The van der Waals surface area contributed by atoms with Crippen LogP contribution in [-0.2, 0) is 14.8 Å². The minimum atomic E-state index is -3.72. The lowest BCUT2D eigenvalue weighted by atomic mass is 10.2. The highest BCUT2D eigenvalue weighted by Crippen LogP contribution is 2.28. The van der Waals surface area contributed by atoms with Gasteiger partial charge < -0.3 is 4.74 Å². The molecular formula is C18H22N2O4S2. The van der Waals surface area contributed by atoms with Gasteiger partial charge in [0.2, 0.25) is 10.0 Å². The van der Waals surface area contributed by atoms with Crippen molar-refractivity contribution in [3.05, 3.63) is 52.2 Å². The minimum Gasteiger partial charge on any atom is -0.465 e. The molecule has 3 rings (SSSR count). The molecule has 0 spiro atoms. The Balaban J connectivity index is 1.77. The third-order valence-electron chi connectivity index (χ3n) is 4.49. The molecular weight excluding hydrogens is 372 g/mol. The van der Waals surface area contributed by atoms with Crippen LogP contribution in [0.5, 0.6) is 0 Å². The van der Waals surface area contributed by atoms with Crippen LogP contribution in [0.25, 0.3) is 0 Å². The van der Waals surface area contributed by atoms with Crippen molar-refractivity contribution in [1.29, 1.82) is 0 Å². The normalized spacial score (nSPS) is 16.5. The van der Waals surface area contributed by atoms with Gasteiger partial charge in [-0.3, -0.25) is 4.90 Å². The molecule has 140 valence electrons. The van der Waals surface area contributed by atoms with Crippen LogP contribution in [0.1, 0.15) is 34.1 Å². The van der Waals surface area contributed by atoms with E-state index in [4.69, 9.17) is 0 Å². The van der Waals surface area contributed by atoms with Gasteiger partial charge in [-0.15, -0.1) is 11.3 Å². The van der Waals surface area contributed by atoms with Crippen molar-refractivity contribution in [3.63, 3.8) is 0 Å². The number of carbonyl (C=O) groups excluding carboxylic acids is 1. The van der Waals surface area contributed by atoms with Crippen molar-refractivity contribution in [2.24, 2.45) is 0 Å². The van der Waals surface area contributed by atoms with Crippen molar-refractivity contribution in [1.82, 2.24) is 9.62 Å². The molecule has 1 atom stereocenters. The van der Waals surface area contributed by atoms with E-state index in [9.17, 15) is 13.2 Å². The first-order valence-corrected chi connectivity index (χ1v) is 10.8. The van der Waals surface area contributed by atoms with Crippen LogP contribution in [0.15, 0.2) is 46.7 Å². The first-order chi connectivity index (χ1) is 12.5. The zero-order chi connectivity index (χ0) is 18.6. The Morgan fingerprint density at radius 1 is 1.27 bits per heavy atom. The van der Waals surface area contributed by atoms with Gasteiger partial charge in [-0.2, -0.15) is 0 Å². The van der Waals surface area contributed by atoms with Crippen molar-refractivity contribution in [2.75, 3.05) is 26.7 Å². The first-order valence-electron chi connectivity index (χ1n) is 8.47. The number of hydrogen-bond donors (Lipinski definition) is 1. The third-order valence-corrected chi connectivity index (χ3v) is 6.88. The van der Waals surface area contributed by atoms with Gasteiger partial charge >= 0.3 is 5.97 Å². The maximum absolute atomic E-state index is 12.7. The lowest BCUT2D eigenvalue weighted by Gasteiger charge is -2.26. The highest BCUT2D eigenvalue weighted by atomic mass is 32.2. The van der Waals surface area contributed by atoms with Crippen LogP contribution in [0.4, 0.5) is 0 Å². The molecule has 1 aromatic heterocycles. The Morgan fingerprint density at radius 3 is 2.69 bits per heavy atom. The Kier molecular flexibility index (Phi) is 6.08. The van der Waals surface area contributed by atoms with E-state index in [2.05, 4.69) is 14.4 Å². The monoisotopic (exact) mass is 394 g/mol. The molecule has 2 aromatic rings. The number of carbonyl (C=O) groups is 1. The summed E-state index contributed by atoms with van der Waals surface area (Å²) in [4.78, 5) is 15.2. The molecule has 26 heavy (non-hydrogen) atoms. The maximum atomic E-state index is 12.7. The van der Waals surface area contributed by atoms with E-state index < -0.39 is 16.0 Å². The fourth-order valence-corrected chi connectivity index (χ4v) is 5.07. The average Bonchev–Trinajstić information content (AvgIpc) is 3.36. The SMILES string of the molecule is COC(=O)c1cccc(S(=O)(=O)NCC(c2cccs2)N2CCCC2)c1. The van der Waals surface area contributed by atoms with Gasteiger partial charge in [-0.1, -0.05) is 12.1 Å². The number of nitrogens with zero attached hydrogens (tertiary/aromatic N) is 1. The molecule has 1 unspecified atom stereocenters. The summed E-state index contributed by atoms with van der Waals surface area (Å²) in [6.07, 6.45) is 2.27. The minimum absolute atomic E-state index is 0.0241. The molecule has 0 aliphatic carbocycles. The van der Waals surface area contributed by atoms with Crippen LogP contribution >= 0.6 is 11.3 Å². The molecule has 1 aromatic carbocycles. The van der Waals surface area contributed by atoms with Gasteiger partial charge in [0.15, 0.2) is 0 Å². The highest BCUT2D eigenvalue weighted by molar-refractivity contribution is 7.89. The molecule has 0 radical (unpaired) electrons. The number of hydrogen-bond acceptors (Lipinski definition) is 6. The smallest absolute Gasteiger partial charge is 0.337 e. The zero-order valence-corrected chi connectivity index (χ0v) is 16.2. The summed E-state index contributed by atoms with van der Waals surface area (Å²) in [5, 5.41) is 2.01. The summed E-state index contributed by atoms with van der Waals surface area (Å²) in [6, 6.07) is 9.93. The van der Waals surface area contributed by atoms with E-state index in [0.29, 0.717) is 6.54 Å². The molecule has 2 heterocycles. The summed E-state index contributed by atoms with van der Waals surface area (Å²) in [5.74, 6) is -0.560. The zero-order valence-electron chi connectivity index (χ0n) is 14.6. The summed E-state index contributed by atoms with van der Waals surface area (Å²) in [5.41, 5.74) is 0.213. The molecule has 1 N–H and O–H groups in total. The number of rotatable bonds is 7. The second-order valence-electron chi connectivity index (χ2n) is 6.15. The Morgan fingerprint density at radius 2 is 2.04 bits per heavy atom. The second kappa shape index (κ2) is 8.30. The quantitative estimate of drug-likeness (QED) is 0.731. The van der Waals surface area contributed by atoms with Crippen molar-refractivity contribution >= 4 is 27.3 Å². The van der Waals surface area contributed by atoms with E-state index in [1.165, 1.54) is 31.4 Å². The Bertz CT molecular complexity index is 844. The van der Waals surface area contributed by atoms with Crippen LogP contribution in [0.2, 0.25) is 0 Å². The summed E-state index contributed by atoms with van der Waals surface area (Å²) in [6.45, 7) is 2.25. The first kappa shape index (κ1) is 19.0. The number of ether oxygens (including phenoxy) is 1. The second-order valence-corrected chi connectivity index (χ2v) is 8.89. The molecule has 1 aliphatic heterocycles. The summed E-state index contributed by atoms with van der Waals surface area (Å²) in [7, 11) is -2.45. The number of esters is 1. The molecule has 1 saturated heterocycles. The molecule has 1 fully saturated rings. The molecule has 1 aliphatic rings. The summed E-state index contributed by atoms with van der Waals surface area (Å²) < 4.78 is 32.8. The number of thiophene rings is 1. The molecule has 0 amide bonds. The number of methoxy groups -OCH3 is 1. The predicted molar refractivity (Wildman–Crippen MR) is 101 cm³/mol. The van der Waals surface area contributed by atoms with Crippen LogP contribution in [-0.4, -0.2) is 46.0 Å². The number of nitrogens with one attached hydrogen (secondary N) is 1. The fourth-order valence-electron chi connectivity index (χ4n) is 3.12. The van der Waals surface area contributed by atoms with Gasteiger partial charge in [-0.25, -0.2) is 17.9 Å². The van der Waals surface area contributed by atoms with Gasteiger partial charge in [0, 0.05) is 11.4 Å². The van der Waals surface area contributed by atoms with Gasteiger partial charge in [0.05, 0.1) is 23.6 Å². The van der Waals surface area contributed by atoms with Crippen LogP contribution < -0.4 is 4.72 Å². The van der Waals surface area contributed by atoms with Crippen molar-refractivity contribution < 1.29 is 17.9 Å². The predicted octanol–water partition coefficient (Wildman–Crippen LogP) is 2.65. The molecule has 0 bridgehead atoms. The van der Waals surface area contributed by atoms with E-state index in [0.717, 1.165) is 30.8 Å². The standard InChI is InChI=1S/C18H22N2O4S2/c1-24-18(21)14-6-4-7-15(12-14)26(22,23)19-13-16(17-8-5-11-25-17)20-9-2-3-10-20/h4-8,11-12,16,19H,2-3,9-10,13H2,1H3. The van der Waals surface area contributed by atoms with Crippen molar-refractivity contribution in [2.45, 2.75) is 23.8 Å². The number of benzene rings is 1. The summed E-state index contributed by atoms with van der Waals surface area (Å²) >= 11 is 1.64. The molecule has 0 saturated carbocycles. The number of sulfonamides is 1. The molecule has 8 heteroatoms. The highest BCUT2D eigenvalue weighted by Gasteiger charge is 2.26. The lowest BCUT2D eigenvalue weighted by molar-refractivity contribution is 0.0600. The van der Waals surface area contributed by atoms with Gasteiger partial charge in [0.1, 0.15) is 0 Å². The van der Waals surface area contributed by atoms with Gasteiger partial charge in [0.25, 0.3) is 0 Å². The average molecular weight is 395 g/mol. The number of likely N-dealkylation sites (tertiary alicyclic amines) is 1.